The maximum Gasteiger partial charge on any atom is 0.329 e. The molecule has 0 heterocycles. The first kappa shape index (κ1) is 13.0. The van der Waals surface area contributed by atoms with Crippen LogP contribution in [-0.4, -0.2) is 45.9 Å². The van der Waals surface area contributed by atoms with Crippen LogP contribution < -0.4 is 0 Å². The van der Waals surface area contributed by atoms with Gasteiger partial charge in [-0.25, -0.2) is 4.79 Å². The average Bonchev–Trinajstić information content (AvgIpc) is 2.04. The van der Waals surface area contributed by atoms with E-state index in [0.29, 0.717) is 0 Å². The van der Waals surface area contributed by atoms with Gasteiger partial charge >= 0.3 is 5.97 Å². The molecule has 0 aromatic carbocycles. The molecule has 3 N–H and O–H groups in total. The number of aliphatic hydroxyl groups excluding tert-OH is 2. The zero-order chi connectivity index (χ0) is 9.28. The molecule has 0 aromatic rings. The molecule has 0 amide bonds. The Morgan fingerprint density at radius 2 is 1.64 bits per heavy atom. The SMILES string of the molecule is CSC(=O)CO.O=C(O)CO. The highest BCUT2D eigenvalue weighted by Gasteiger charge is 1.89. The molecule has 0 atom stereocenters. The Morgan fingerprint density at radius 1 is 1.27 bits per heavy atom. The fraction of sp³-hybridized carbons (Fsp3) is 0.600. The van der Waals surface area contributed by atoms with Gasteiger partial charge < -0.3 is 15.3 Å². The second-order valence-electron chi connectivity index (χ2n) is 1.29. The summed E-state index contributed by atoms with van der Waals surface area (Å²) < 4.78 is 0. The van der Waals surface area contributed by atoms with Crippen molar-refractivity contribution in [2.24, 2.45) is 0 Å². The number of carboxylic acid groups (broad SMARTS) is 1. The molecule has 0 unspecified atom stereocenters. The van der Waals surface area contributed by atoms with Crippen molar-refractivity contribution in [1.82, 2.24) is 0 Å². The van der Waals surface area contributed by atoms with Crippen LogP contribution in [-0.2, 0) is 9.59 Å². The zero-order valence-corrected chi connectivity index (χ0v) is 6.80. The van der Waals surface area contributed by atoms with Gasteiger partial charge in [0, 0.05) is 0 Å². The van der Waals surface area contributed by atoms with E-state index in [0.717, 1.165) is 11.8 Å². The van der Waals surface area contributed by atoms with Crippen molar-refractivity contribution in [1.29, 1.82) is 0 Å². The Labute approximate surface area is 68.0 Å². The minimum Gasteiger partial charge on any atom is -0.480 e. The van der Waals surface area contributed by atoms with Crippen LogP contribution in [0, 0.1) is 0 Å². The first-order valence-corrected chi connectivity index (χ1v) is 3.81. The summed E-state index contributed by atoms with van der Waals surface area (Å²) in [5, 5.41) is 22.8. The third-order valence-electron chi connectivity index (χ3n) is 0.492. The molecule has 5 nitrogen and oxygen atoms in total. The van der Waals surface area contributed by atoms with Gasteiger partial charge in [0.25, 0.3) is 0 Å². The molecule has 0 aromatic heterocycles. The van der Waals surface area contributed by atoms with E-state index in [4.69, 9.17) is 20.1 Å². The summed E-state index contributed by atoms with van der Waals surface area (Å²) >= 11 is 1.04. The number of carbonyl (C=O) groups is 2. The van der Waals surface area contributed by atoms with E-state index in [2.05, 4.69) is 0 Å². The number of thioether (sulfide) groups is 1. The number of carboxylic acids is 1. The van der Waals surface area contributed by atoms with Crippen molar-refractivity contribution >= 4 is 22.8 Å². The van der Waals surface area contributed by atoms with Crippen molar-refractivity contribution in [2.45, 2.75) is 0 Å². The predicted octanol–water partition coefficient (Wildman–Crippen LogP) is -1.07. The standard InChI is InChI=1S/C3H6O2S.C2H4O3/c1-6-3(5)2-4;3-1-2(4)5/h4H,2H2,1H3;3H,1H2,(H,4,5). The summed E-state index contributed by atoms with van der Waals surface area (Å²) in [5.74, 6) is -1.19. The van der Waals surface area contributed by atoms with Crippen molar-refractivity contribution < 1.29 is 24.9 Å². The summed E-state index contributed by atoms with van der Waals surface area (Å²) in [6, 6.07) is 0. The van der Waals surface area contributed by atoms with Crippen LogP contribution in [0.2, 0.25) is 0 Å². The second kappa shape index (κ2) is 9.41. The molecule has 0 fully saturated rings. The summed E-state index contributed by atoms with van der Waals surface area (Å²) in [7, 11) is 0. The molecule has 0 radical (unpaired) electrons. The van der Waals surface area contributed by atoms with Crippen LogP contribution in [0.3, 0.4) is 0 Å². The summed E-state index contributed by atoms with van der Waals surface area (Å²) in [6.45, 7) is -1.12. The van der Waals surface area contributed by atoms with Crippen LogP contribution >= 0.6 is 11.8 Å². The molecule has 0 spiro atoms. The molecule has 66 valence electrons. The van der Waals surface area contributed by atoms with Crippen molar-refractivity contribution in [3.05, 3.63) is 0 Å². The molecular formula is C5H10O5S. The fourth-order valence-corrected chi connectivity index (χ4v) is 0.194. The highest BCUT2D eigenvalue weighted by molar-refractivity contribution is 8.13. The fourth-order valence-electron chi connectivity index (χ4n) is 0.0645. The van der Waals surface area contributed by atoms with Crippen molar-refractivity contribution in [2.75, 3.05) is 19.5 Å². The molecule has 0 saturated carbocycles. The maximum atomic E-state index is 9.89. The lowest BCUT2D eigenvalue weighted by molar-refractivity contribution is -0.140. The Balaban J connectivity index is 0. The second-order valence-corrected chi connectivity index (χ2v) is 2.15. The lowest BCUT2D eigenvalue weighted by atomic mass is 10.8. The minimum absolute atomic E-state index is 0.185. The lowest BCUT2D eigenvalue weighted by Gasteiger charge is -1.80. The van der Waals surface area contributed by atoms with E-state index >= 15 is 0 Å². The van der Waals surface area contributed by atoms with E-state index < -0.39 is 12.6 Å². The predicted molar refractivity (Wildman–Crippen MR) is 40.3 cm³/mol. The highest BCUT2D eigenvalue weighted by Crippen LogP contribution is 1.89. The Hall–Kier alpha value is -0.590. The molecule has 11 heavy (non-hydrogen) atoms. The van der Waals surface area contributed by atoms with Crippen LogP contribution in [0.4, 0.5) is 0 Å². The van der Waals surface area contributed by atoms with Crippen LogP contribution in [0.25, 0.3) is 0 Å². The van der Waals surface area contributed by atoms with E-state index in [1.54, 1.807) is 6.26 Å². The Kier molecular flexibility index (Phi) is 11.1. The molecule has 0 aliphatic heterocycles. The normalized spacial score (nSPS) is 7.91. The lowest BCUT2D eigenvalue weighted by Crippen LogP contribution is -1.98. The monoisotopic (exact) mass is 182 g/mol. The van der Waals surface area contributed by atoms with Gasteiger partial charge in [0.1, 0.15) is 13.2 Å². The molecule has 0 bridgehead atoms. The number of hydrogen-bond donors (Lipinski definition) is 3. The van der Waals surface area contributed by atoms with Gasteiger partial charge in [-0.3, -0.25) is 4.79 Å². The number of carbonyl (C=O) groups excluding carboxylic acids is 1. The largest absolute Gasteiger partial charge is 0.480 e. The summed E-state index contributed by atoms with van der Waals surface area (Å²) in [6.07, 6.45) is 1.64. The van der Waals surface area contributed by atoms with Crippen LogP contribution in [0.5, 0.6) is 0 Å². The van der Waals surface area contributed by atoms with Crippen LogP contribution in [0.15, 0.2) is 0 Å². The van der Waals surface area contributed by atoms with Crippen LogP contribution in [0.1, 0.15) is 0 Å². The zero-order valence-electron chi connectivity index (χ0n) is 5.98. The quantitative estimate of drug-likeness (QED) is 0.503. The van der Waals surface area contributed by atoms with E-state index in [-0.39, 0.29) is 11.7 Å². The number of hydrogen-bond acceptors (Lipinski definition) is 5. The first-order chi connectivity index (χ1) is 5.08. The van der Waals surface area contributed by atoms with E-state index in [9.17, 15) is 4.79 Å². The molecular weight excluding hydrogens is 172 g/mol. The Bertz CT molecular complexity index is 118. The average molecular weight is 182 g/mol. The summed E-state index contributed by atoms with van der Waals surface area (Å²) in [4.78, 5) is 19.0. The summed E-state index contributed by atoms with van der Waals surface area (Å²) in [5.41, 5.74) is 0. The van der Waals surface area contributed by atoms with Gasteiger partial charge in [-0.1, -0.05) is 11.8 Å². The molecule has 0 aliphatic carbocycles. The van der Waals surface area contributed by atoms with Crippen molar-refractivity contribution in [3.8, 4) is 0 Å². The van der Waals surface area contributed by atoms with Gasteiger partial charge in [0.15, 0.2) is 0 Å². The smallest absolute Gasteiger partial charge is 0.329 e. The minimum atomic E-state index is -1.19. The van der Waals surface area contributed by atoms with Gasteiger partial charge in [0.05, 0.1) is 0 Å². The molecule has 0 aliphatic rings. The third kappa shape index (κ3) is 17.7. The van der Waals surface area contributed by atoms with Gasteiger partial charge in [-0.2, -0.15) is 0 Å². The van der Waals surface area contributed by atoms with Crippen molar-refractivity contribution in [3.63, 3.8) is 0 Å². The third-order valence-corrected chi connectivity index (χ3v) is 1.08. The molecule has 0 rings (SSSR count). The number of rotatable bonds is 2. The van der Waals surface area contributed by atoms with E-state index in [1.807, 2.05) is 0 Å². The first-order valence-electron chi connectivity index (χ1n) is 2.58. The van der Waals surface area contributed by atoms with Gasteiger partial charge in [-0.05, 0) is 6.26 Å². The Morgan fingerprint density at radius 3 is 1.64 bits per heavy atom. The molecule has 6 heteroatoms. The topological polar surface area (TPSA) is 94.8 Å². The van der Waals surface area contributed by atoms with Gasteiger partial charge in [0.2, 0.25) is 5.12 Å². The number of aliphatic carboxylic acids is 1. The highest BCUT2D eigenvalue weighted by atomic mass is 32.2. The van der Waals surface area contributed by atoms with Gasteiger partial charge in [-0.15, -0.1) is 0 Å². The number of aliphatic hydroxyl groups is 2. The molecule has 0 saturated heterocycles. The maximum absolute atomic E-state index is 9.89. The van der Waals surface area contributed by atoms with E-state index in [1.165, 1.54) is 0 Å².